The summed E-state index contributed by atoms with van der Waals surface area (Å²) >= 11 is 0. The van der Waals surface area contributed by atoms with Crippen molar-refractivity contribution < 1.29 is 4.79 Å². The van der Waals surface area contributed by atoms with E-state index in [4.69, 9.17) is 0 Å². The second kappa shape index (κ2) is 7.31. The van der Waals surface area contributed by atoms with Crippen LogP contribution in [0.15, 0.2) is 61.1 Å². The number of amides is 1. The smallest absolute Gasteiger partial charge is 0.240 e. The standard InChI is InChI=1S/C22H23N5O/c1-15-8-4-6-10-20(15)27-17(3)18(12-24-27)16(2)25-22(28)13-26-14-23-19-9-5-7-11-21(19)26/h4-12,14,16H,13H2,1-3H3,(H,25,28)/t16-/m1/s1. The predicted molar refractivity (Wildman–Crippen MR) is 109 cm³/mol. The van der Waals surface area contributed by atoms with E-state index in [1.54, 1.807) is 6.33 Å². The number of benzene rings is 2. The number of hydrogen-bond acceptors (Lipinski definition) is 3. The van der Waals surface area contributed by atoms with Gasteiger partial charge in [-0.2, -0.15) is 5.10 Å². The second-order valence-corrected chi connectivity index (χ2v) is 7.03. The first kappa shape index (κ1) is 18.0. The molecule has 0 radical (unpaired) electrons. The number of carbonyl (C=O) groups excluding carboxylic acids is 1. The summed E-state index contributed by atoms with van der Waals surface area (Å²) in [6.07, 6.45) is 3.54. The Hall–Kier alpha value is -3.41. The molecule has 1 amide bonds. The van der Waals surface area contributed by atoms with Gasteiger partial charge in [0.15, 0.2) is 0 Å². The van der Waals surface area contributed by atoms with E-state index in [1.807, 2.05) is 71.8 Å². The van der Waals surface area contributed by atoms with Gasteiger partial charge < -0.3 is 9.88 Å². The molecule has 6 nitrogen and oxygen atoms in total. The van der Waals surface area contributed by atoms with Crippen molar-refractivity contribution >= 4 is 16.9 Å². The highest BCUT2D eigenvalue weighted by molar-refractivity contribution is 5.80. The first-order chi connectivity index (χ1) is 13.5. The zero-order valence-electron chi connectivity index (χ0n) is 16.3. The van der Waals surface area contributed by atoms with Gasteiger partial charge in [-0.3, -0.25) is 4.79 Å². The summed E-state index contributed by atoms with van der Waals surface area (Å²) in [6.45, 7) is 6.31. The Morgan fingerprint density at radius 1 is 1.11 bits per heavy atom. The van der Waals surface area contributed by atoms with Gasteiger partial charge in [0.1, 0.15) is 6.54 Å². The molecule has 0 saturated heterocycles. The van der Waals surface area contributed by atoms with E-state index < -0.39 is 0 Å². The summed E-state index contributed by atoms with van der Waals surface area (Å²) in [6, 6.07) is 15.8. The third-order valence-electron chi connectivity index (χ3n) is 5.08. The van der Waals surface area contributed by atoms with Crippen LogP contribution in [0.3, 0.4) is 0 Å². The minimum absolute atomic E-state index is 0.0568. The molecule has 6 heteroatoms. The van der Waals surface area contributed by atoms with E-state index in [9.17, 15) is 4.79 Å². The quantitative estimate of drug-likeness (QED) is 0.580. The molecule has 2 aromatic carbocycles. The Morgan fingerprint density at radius 2 is 1.86 bits per heavy atom. The Bertz CT molecular complexity index is 1140. The molecule has 0 bridgehead atoms. The molecule has 0 fully saturated rings. The van der Waals surface area contributed by atoms with Crippen molar-refractivity contribution in [2.45, 2.75) is 33.4 Å². The average Bonchev–Trinajstić information content (AvgIpc) is 3.26. The topological polar surface area (TPSA) is 64.7 Å². The van der Waals surface area contributed by atoms with E-state index >= 15 is 0 Å². The molecule has 0 saturated carbocycles. The number of nitrogens with zero attached hydrogens (tertiary/aromatic N) is 4. The molecule has 4 rings (SSSR count). The molecule has 142 valence electrons. The lowest BCUT2D eigenvalue weighted by Crippen LogP contribution is -2.30. The normalized spacial score (nSPS) is 12.2. The molecular formula is C22H23N5O. The van der Waals surface area contributed by atoms with Crippen LogP contribution in [0, 0.1) is 13.8 Å². The highest BCUT2D eigenvalue weighted by Gasteiger charge is 2.17. The summed E-state index contributed by atoms with van der Waals surface area (Å²) < 4.78 is 3.79. The fourth-order valence-corrected chi connectivity index (χ4v) is 3.55. The van der Waals surface area contributed by atoms with Crippen LogP contribution in [0.2, 0.25) is 0 Å². The summed E-state index contributed by atoms with van der Waals surface area (Å²) in [7, 11) is 0. The molecule has 4 aromatic rings. The number of fused-ring (bicyclic) bond motifs is 1. The van der Waals surface area contributed by atoms with Gasteiger partial charge in [-0.15, -0.1) is 0 Å². The Kier molecular flexibility index (Phi) is 4.69. The van der Waals surface area contributed by atoms with Crippen molar-refractivity contribution in [1.82, 2.24) is 24.6 Å². The highest BCUT2D eigenvalue weighted by Crippen LogP contribution is 2.22. The third kappa shape index (κ3) is 3.29. The summed E-state index contributed by atoms with van der Waals surface area (Å²) in [5.41, 5.74) is 6.08. The number of hydrogen-bond donors (Lipinski definition) is 1. The van der Waals surface area contributed by atoms with Crippen LogP contribution in [-0.4, -0.2) is 25.2 Å². The molecule has 1 atom stereocenters. The van der Waals surface area contributed by atoms with Gasteiger partial charge in [-0.05, 0) is 44.5 Å². The maximum atomic E-state index is 12.6. The first-order valence-electron chi connectivity index (χ1n) is 9.34. The molecule has 0 aliphatic heterocycles. The minimum Gasteiger partial charge on any atom is -0.348 e. The first-order valence-corrected chi connectivity index (χ1v) is 9.34. The molecule has 2 aromatic heterocycles. The number of imidazole rings is 1. The van der Waals surface area contributed by atoms with E-state index in [0.29, 0.717) is 0 Å². The summed E-state index contributed by atoms with van der Waals surface area (Å²) in [5.74, 6) is -0.0568. The molecule has 0 unspecified atom stereocenters. The van der Waals surface area contributed by atoms with Crippen LogP contribution >= 0.6 is 0 Å². The van der Waals surface area contributed by atoms with Crippen LogP contribution in [0.1, 0.15) is 29.8 Å². The molecule has 0 spiro atoms. The van der Waals surface area contributed by atoms with Gasteiger partial charge in [0.2, 0.25) is 5.91 Å². The molecular weight excluding hydrogens is 350 g/mol. The van der Waals surface area contributed by atoms with Gasteiger partial charge in [-0.25, -0.2) is 9.67 Å². The lowest BCUT2D eigenvalue weighted by molar-refractivity contribution is -0.122. The van der Waals surface area contributed by atoms with Gasteiger partial charge in [0, 0.05) is 11.3 Å². The van der Waals surface area contributed by atoms with Crippen molar-refractivity contribution in [3.8, 4) is 5.69 Å². The molecule has 1 N–H and O–H groups in total. The number of rotatable bonds is 5. The number of carbonyl (C=O) groups is 1. The lowest BCUT2D eigenvalue weighted by atomic mass is 10.1. The summed E-state index contributed by atoms with van der Waals surface area (Å²) in [4.78, 5) is 16.9. The molecule has 28 heavy (non-hydrogen) atoms. The number of aromatic nitrogens is 4. The van der Waals surface area contributed by atoms with Gasteiger partial charge in [0.05, 0.1) is 35.3 Å². The van der Waals surface area contributed by atoms with E-state index in [-0.39, 0.29) is 18.5 Å². The molecule has 2 heterocycles. The Labute approximate surface area is 163 Å². The predicted octanol–water partition coefficient (Wildman–Crippen LogP) is 3.72. The van der Waals surface area contributed by atoms with Gasteiger partial charge in [-0.1, -0.05) is 30.3 Å². The SMILES string of the molecule is Cc1ccccc1-n1ncc([C@@H](C)NC(=O)Cn2cnc3ccccc32)c1C. The van der Waals surface area contributed by atoms with E-state index in [0.717, 1.165) is 33.5 Å². The number of aryl methyl sites for hydroxylation is 1. The zero-order chi connectivity index (χ0) is 19.7. The Morgan fingerprint density at radius 3 is 2.68 bits per heavy atom. The van der Waals surface area contributed by atoms with Crippen molar-refractivity contribution in [3.05, 3.63) is 77.9 Å². The average molecular weight is 373 g/mol. The van der Waals surface area contributed by atoms with Crippen molar-refractivity contribution in [3.63, 3.8) is 0 Å². The third-order valence-corrected chi connectivity index (χ3v) is 5.08. The fraction of sp³-hybridized carbons (Fsp3) is 0.227. The second-order valence-electron chi connectivity index (χ2n) is 7.03. The highest BCUT2D eigenvalue weighted by atomic mass is 16.2. The van der Waals surface area contributed by atoms with Crippen LogP contribution in [0.5, 0.6) is 0 Å². The van der Waals surface area contributed by atoms with Gasteiger partial charge >= 0.3 is 0 Å². The lowest BCUT2D eigenvalue weighted by Gasteiger charge is -2.15. The Balaban J connectivity index is 1.50. The van der Waals surface area contributed by atoms with Gasteiger partial charge in [0.25, 0.3) is 0 Å². The van der Waals surface area contributed by atoms with Crippen molar-refractivity contribution in [2.24, 2.45) is 0 Å². The maximum Gasteiger partial charge on any atom is 0.240 e. The maximum absolute atomic E-state index is 12.6. The van der Waals surface area contributed by atoms with Crippen LogP contribution in [0.25, 0.3) is 16.7 Å². The fourth-order valence-electron chi connectivity index (χ4n) is 3.55. The minimum atomic E-state index is -0.139. The number of nitrogens with one attached hydrogen (secondary N) is 1. The van der Waals surface area contributed by atoms with Crippen LogP contribution in [-0.2, 0) is 11.3 Å². The number of para-hydroxylation sites is 3. The summed E-state index contributed by atoms with van der Waals surface area (Å²) in [5, 5.41) is 7.62. The van der Waals surface area contributed by atoms with E-state index in [2.05, 4.69) is 28.4 Å². The zero-order valence-corrected chi connectivity index (χ0v) is 16.3. The van der Waals surface area contributed by atoms with E-state index in [1.165, 1.54) is 0 Å². The monoisotopic (exact) mass is 373 g/mol. The largest absolute Gasteiger partial charge is 0.348 e. The van der Waals surface area contributed by atoms with Crippen LogP contribution in [0.4, 0.5) is 0 Å². The molecule has 0 aliphatic carbocycles. The molecule has 0 aliphatic rings. The van der Waals surface area contributed by atoms with Crippen LogP contribution < -0.4 is 5.32 Å². The van der Waals surface area contributed by atoms with Crippen molar-refractivity contribution in [2.75, 3.05) is 0 Å². The van der Waals surface area contributed by atoms with Crippen molar-refractivity contribution in [1.29, 1.82) is 0 Å².